The summed E-state index contributed by atoms with van der Waals surface area (Å²) in [6.07, 6.45) is 7.57. The number of hydrogen-bond donors (Lipinski definition) is 1. The zero-order chi connectivity index (χ0) is 9.10. The quantitative estimate of drug-likeness (QED) is 0.430. The van der Waals surface area contributed by atoms with Crippen molar-refractivity contribution in [2.24, 2.45) is 0 Å². The van der Waals surface area contributed by atoms with Crippen molar-refractivity contribution >= 4 is 12.4 Å². The van der Waals surface area contributed by atoms with E-state index in [9.17, 15) is 0 Å². The first kappa shape index (κ1) is 18.7. The van der Waals surface area contributed by atoms with Gasteiger partial charge < -0.3 is 12.4 Å². The van der Waals surface area contributed by atoms with E-state index in [2.05, 4.69) is 35.5 Å². The van der Waals surface area contributed by atoms with E-state index in [1.54, 1.807) is 0 Å². The fourth-order valence-corrected chi connectivity index (χ4v) is 1.95. The van der Waals surface area contributed by atoms with E-state index in [1.165, 1.54) is 24.0 Å². The van der Waals surface area contributed by atoms with Crippen LogP contribution in [0, 0.1) is 12.3 Å². The van der Waals surface area contributed by atoms with E-state index in [0.717, 1.165) is 0 Å². The molecule has 1 aliphatic carbocycles. The van der Waals surface area contributed by atoms with E-state index < -0.39 is 0 Å². The second-order valence-corrected chi connectivity index (χ2v) is 3.38. The predicted molar refractivity (Wildman–Crippen MR) is 61.6 cm³/mol. The molecule has 16 heavy (non-hydrogen) atoms. The molecule has 0 aromatic heterocycles. The Labute approximate surface area is 132 Å². The normalized spacial score (nSPS) is 15.8. The molecule has 0 radical (unpaired) electrons. The summed E-state index contributed by atoms with van der Waals surface area (Å²) in [7, 11) is 0. The van der Waals surface area contributed by atoms with Crippen LogP contribution in [0.4, 0.5) is 0 Å². The first-order chi connectivity index (χ1) is 6.42. The molecule has 0 saturated heterocycles. The standard InChI is InChI=1S/C12H13N.2ClH.Na/c1-2-9-13-12-8-7-10-5-3-4-6-11(10)12;;;/h1,3-6,12-13H,7-9H2;2*1H;/q;;;+1/p-1/t12-;;;/m1.../s1. The third-order valence-corrected chi connectivity index (χ3v) is 2.58. The third kappa shape index (κ3) is 4.30. The van der Waals surface area contributed by atoms with Gasteiger partial charge in [-0.1, -0.05) is 30.2 Å². The molecule has 0 aliphatic heterocycles. The summed E-state index contributed by atoms with van der Waals surface area (Å²) in [6.45, 7) is 0.666. The summed E-state index contributed by atoms with van der Waals surface area (Å²) >= 11 is 0. The van der Waals surface area contributed by atoms with Crippen molar-refractivity contribution in [3.63, 3.8) is 0 Å². The molecule has 1 aliphatic rings. The summed E-state index contributed by atoms with van der Waals surface area (Å²) in [6, 6.07) is 9.06. The molecule has 0 spiro atoms. The number of terminal acetylenes is 1. The molecule has 1 aromatic carbocycles. The number of aryl methyl sites for hydroxylation is 1. The van der Waals surface area contributed by atoms with Gasteiger partial charge in [-0.3, -0.25) is 5.32 Å². The van der Waals surface area contributed by atoms with Crippen LogP contribution in [-0.2, 0) is 6.42 Å². The maximum atomic E-state index is 5.21. The molecular formula is C12H14Cl2NNa. The third-order valence-electron chi connectivity index (χ3n) is 2.58. The minimum Gasteiger partial charge on any atom is -1.00 e. The number of halogens is 2. The van der Waals surface area contributed by atoms with Crippen molar-refractivity contribution in [3.8, 4) is 12.3 Å². The molecule has 4 heteroatoms. The summed E-state index contributed by atoms with van der Waals surface area (Å²) in [4.78, 5) is 0. The Kier molecular flexibility index (Phi) is 10.9. The minimum absolute atomic E-state index is 0. The van der Waals surface area contributed by atoms with Crippen LogP contribution in [0.25, 0.3) is 0 Å². The van der Waals surface area contributed by atoms with Crippen molar-refractivity contribution < 1.29 is 42.0 Å². The second kappa shape index (κ2) is 9.36. The topological polar surface area (TPSA) is 12.0 Å². The van der Waals surface area contributed by atoms with Crippen LogP contribution in [0.5, 0.6) is 0 Å². The van der Waals surface area contributed by atoms with Gasteiger partial charge in [-0.15, -0.1) is 18.8 Å². The first-order valence-electron chi connectivity index (χ1n) is 4.66. The van der Waals surface area contributed by atoms with Crippen molar-refractivity contribution in [3.05, 3.63) is 35.4 Å². The van der Waals surface area contributed by atoms with Crippen molar-refractivity contribution in [1.82, 2.24) is 5.32 Å². The molecule has 0 amide bonds. The Morgan fingerprint density at radius 2 is 2.06 bits per heavy atom. The average Bonchev–Trinajstić information content (AvgIpc) is 2.58. The van der Waals surface area contributed by atoms with Gasteiger partial charge in [-0.05, 0) is 24.0 Å². The van der Waals surface area contributed by atoms with Crippen LogP contribution in [0.1, 0.15) is 23.6 Å². The summed E-state index contributed by atoms with van der Waals surface area (Å²) < 4.78 is 0. The molecule has 2 rings (SSSR count). The van der Waals surface area contributed by atoms with E-state index in [-0.39, 0.29) is 54.4 Å². The smallest absolute Gasteiger partial charge is 1.00 e. The monoisotopic (exact) mass is 265 g/mol. The van der Waals surface area contributed by atoms with Gasteiger partial charge in [0.15, 0.2) is 0 Å². The van der Waals surface area contributed by atoms with E-state index >= 15 is 0 Å². The van der Waals surface area contributed by atoms with Crippen LogP contribution >= 0.6 is 12.4 Å². The SMILES string of the molecule is C#CCN[C@@H]1CCc2ccccc21.Cl.[Cl-].[Na+]. The van der Waals surface area contributed by atoms with Gasteiger partial charge in [0.2, 0.25) is 0 Å². The van der Waals surface area contributed by atoms with E-state index in [0.29, 0.717) is 12.6 Å². The number of benzene rings is 1. The molecule has 0 heterocycles. The molecule has 0 fully saturated rings. The maximum Gasteiger partial charge on any atom is 1.00 e. The molecule has 82 valence electrons. The average molecular weight is 266 g/mol. The van der Waals surface area contributed by atoms with Crippen LogP contribution in [0.2, 0.25) is 0 Å². The van der Waals surface area contributed by atoms with Gasteiger partial charge in [-0.25, -0.2) is 0 Å². The molecule has 0 bridgehead atoms. The van der Waals surface area contributed by atoms with Crippen molar-refractivity contribution in [1.29, 1.82) is 0 Å². The Morgan fingerprint density at radius 1 is 1.38 bits per heavy atom. The van der Waals surface area contributed by atoms with Crippen LogP contribution in [0.15, 0.2) is 24.3 Å². The molecule has 1 atom stereocenters. The Hall–Kier alpha value is 0.320. The van der Waals surface area contributed by atoms with Gasteiger partial charge in [0.1, 0.15) is 0 Å². The summed E-state index contributed by atoms with van der Waals surface area (Å²) in [5.41, 5.74) is 2.90. The van der Waals surface area contributed by atoms with Crippen molar-refractivity contribution in [2.75, 3.05) is 6.54 Å². The fraction of sp³-hybridized carbons (Fsp3) is 0.333. The summed E-state index contributed by atoms with van der Waals surface area (Å²) in [5, 5.41) is 3.35. The zero-order valence-electron chi connectivity index (χ0n) is 9.37. The number of hydrogen-bond acceptors (Lipinski definition) is 1. The summed E-state index contributed by atoms with van der Waals surface area (Å²) in [5.74, 6) is 2.61. The van der Waals surface area contributed by atoms with Gasteiger partial charge in [0.25, 0.3) is 0 Å². The second-order valence-electron chi connectivity index (χ2n) is 3.38. The number of fused-ring (bicyclic) bond motifs is 1. The molecule has 0 unspecified atom stereocenters. The van der Waals surface area contributed by atoms with Gasteiger partial charge >= 0.3 is 29.6 Å². The Balaban J connectivity index is 0. The number of rotatable bonds is 2. The predicted octanol–water partition coefficient (Wildman–Crippen LogP) is -3.67. The number of nitrogens with one attached hydrogen (secondary N) is 1. The van der Waals surface area contributed by atoms with E-state index in [1.807, 2.05) is 0 Å². The molecule has 1 nitrogen and oxygen atoms in total. The fourth-order valence-electron chi connectivity index (χ4n) is 1.95. The maximum absolute atomic E-state index is 5.21. The van der Waals surface area contributed by atoms with Crippen LogP contribution < -0.4 is 47.3 Å². The molecule has 0 saturated carbocycles. The van der Waals surface area contributed by atoms with Gasteiger partial charge in [0.05, 0.1) is 6.54 Å². The van der Waals surface area contributed by atoms with E-state index in [4.69, 9.17) is 6.42 Å². The Bertz CT molecular complexity index is 349. The Morgan fingerprint density at radius 3 is 2.75 bits per heavy atom. The minimum atomic E-state index is 0. The molecular weight excluding hydrogens is 252 g/mol. The van der Waals surface area contributed by atoms with Gasteiger partial charge in [-0.2, -0.15) is 0 Å². The first-order valence-corrected chi connectivity index (χ1v) is 4.66. The largest absolute Gasteiger partial charge is 1.00 e. The van der Waals surface area contributed by atoms with Crippen LogP contribution in [-0.4, -0.2) is 6.54 Å². The zero-order valence-corrected chi connectivity index (χ0v) is 12.9. The molecule has 1 aromatic rings. The van der Waals surface area contributed by atoms with Crippen LogP contribution in [0.3, 0.4) is 0 Å². The van der Waals surface area contributed by atoms with Gasteiger partial charge in [0, 0.05) is 6.04 Å². The van der Waals surface area contributed by atoms with Crippen molar-refractivity contribution in [2.45, 2.75) is 18.9 Å². The molecule has 1 N–H and O–H groups in total.